The summed E-state index contributed by atoms with van der Waals surface area (Å²) in [5.41, 5.74) is 0.192. The maximum absolute atomic E-state index is 13.1. The molecule has 6 heteroatoms. The summed E-state index contributed by atoms with van der Waals surface area (Å²) < 4.78 is 13.1. The van der Waals surface area contributed by atoms with Crippen LogP contribution >= 0.6 is 0 Å². The van der Waals surface area contributed by atoms with Crippen LogP contribution in [-0.2, 0) is 16.1 Å². The summed E-state index contributed by atoms with van der Waals surface area (Å²) in [6.07, 6.45) is 0. The van der Waals surface area contributed by atoms with Gasteiger partial charge in [-0.2, -0.15) is 0 Å². The van der Waals surface area contributed by atoms with Gasteiger partial charge in [-0.15, -0.1) is 0 Å². The van der Waals surface area contributed by atoms with Gasteiger partial charge in [-0.1, -0.05) is 12.1 Å². The molecule has 0 saturated carbocycles. The van der Waals surface area contributed by atoms with E-state index in [0.717, 1.165) is 5.56 Å². The number of aryl methyl sites for hydroxylation is 1. The minimum Gasteiger partial charge on any atom is -0.480 e. The van der Waals surface area contributed by atoms with Gasteiger partial charge in [0.15, 0.2) is 0 Å². The number of amides is 1. The first-order chi connectivity index (χ1) is 9.64. The Labute approximate surface area is 123 Å². The van der Waals surface area contributed by atoms with Crippen molar-refractivity contribution in [3.63, 3.8) is 0 Å². The Morgan fingerprint density at radius 1 is 1.38 bits per heavy atom. The number of carbonyl (C=O) groups is 2. The molecule has 0 bridgehead atoms. The van der Waals surface area contributed by atoms with E-state index < -0.39 is 11.5 Å². The Kier molecular flexibility index (Phi) is 5.43. The fourth-order valence-electron chi connectivity index (χ4n) is 1.65. The predicted octanol–water partition coefficient (Wildman–Crippen LogP) is 1.55. The van der Waals surface area contributed by atoms with Crippen LogP contribution in [0.4, 0.5) is 4.39 Å². The first-order valence-electron chi connectivity index (χ1n) is 6.61. The second-order valence-corrected chi connectivity index (χ2v) is 5.58. The molecule has 0 spiro atoms. The third kappa shape index (κ3) is 4.53. The molecule has 0 aliphatic rings. The standard InChI is InChI=1S/C15H21FN2O3/c1-10-7-11(5-6-12(10)16)8-17-13(19)9-18(4)15(2,3)14(20)21/h5-7H,8-9H2,1-4H3,(H,17,19)(H,20,21). The Hall–Kier alpha value is -1.95. The fraction of sp³-hybridized carbons (Fsp3) is 0.467. The molecule has 0 aromatic heterocycles. The van der Waals surface area contributed by atoms with Crippen molar-refractivity contribution in [2.45, 2.75) is 32.9 Å². The van der Waals surface area contributed by atoms with Crippen LogP contribution in [0.2, 0.25) is 0 Å². The minimum atomic E-state index is -1.12. The predicted molar refractivity (Wildman–Crippen MR) is 77.3 cm³/mol. The van der Waals surface area contributed by atoms with Crippen LogP contribution in [-0.4, -0.2) is 41.0 Å². The van der Waals surface area contributed by atoms with Gasteiger partial charge in [-0.05, 0) is 45.0 Å². The summed E-state index contributed by atoms with van der Waals surface area (Å²) >= 11 is 0. The van der Waals surface area contributed by atoms with E-state index in [1.54, 1.807) is 26.1 Å². The number of benzene rings is 1. The quantitative estimate of drug-likeness (QED) is 0.835. The maximum Gasteiger partial charge on any atom is 0.323 e. The molecule has 0 unspecified atom stereocenters. The highest BCUT2D eigenvalue weighted by Crippen LogP contribution is 2.12. The van der Waals surface area contributed by atoms with Crippen molar-refractivity contribution in [1.29, 1.82) is 0 Å². The first kappa shape index (κ1) is 17.1. The molecular formula is C15H21FN2O3. The molecule has 2 N–H and O–H groups in total. The van der Waals surface area contributed by atoms with Crippen LogP contribution in [0, 0.1) is 12.7 Å². The Bertz CT molecular complexity index is 544. The molecule has 0 aliphatic carbocycles. The summed E-state index contributed by atoms with van der Waals surface area (Å²) in [4.78, 5) is 24.4. The van der Waals surface area contributed by atoms with Crippen LogP contribution in [0.15, 0.2) is 18.2 Å². The zero-order valence-corrected chi connectivity index (χ0v) is 12.7. The van der Waals surface area contributed by atoms with Crippen LogP contribution in [0.1, 0.15) is 25.0 Å². The van der Waals surface area contributed by atoms with E-state index in [1.807, 2.05) is 0 Å². The van der Waals surface area contributed by atoms with E-state index in [-0.39, 0.29) is 24.8 Å². The lowest BCUT2D eigenvalue weighted by atomic mass is 10.0. The normalized spacial score (nSPS) is 11.5. The molecule has 1 aromatic rings. The van der Waals surface area contributed by atoms with E-state index in [9.17, 15) is 14.0 Å². The number of carboxylic acid groups (broad SMARTS) is 1. The van der Waals surface area contributed by atoms with Crippen LogP contribution < -0.4 is 5.32 Å². The van der Waals surface area contributed by atoms with Gasteiger partial charge < -0.3 is 10.4 Å². The third-order valence-electron chi connectivity index (χ3n) is 3.57. The van der Waals surface area contributed by atoms with E-state index in [1.165, 1.54) is 24.8 Å². The smallest absolute Gasteiger partial charge is 0.323 e. The molecule has 1 rings (SSSR count). The molecule has 5 nitrogen and oxygen atoms in total. The van der Waals surface area contributed by atoms with Crippen LogP contribution in [0.25, 0.3) is 0 Å². The largest absolute Gasteiger partial charge is 0.480 e. The first-order valence-corrected chi connectivity index (χ1v) is 6.61. The van der Waals surface area contributed by atoms with Crippen molar-refractivity contribution in [3.8, 4) is 0 Å². The van der Waals surface area contributed by atoms with Gasteiger partial charge in [0.2, 0.25) is 5.91 Å². The van der Waals surface area contributed by atoms with Gasteiger partial charge in [0, 0.05) is 6.54 Å². The minimum absolute atomic E-state index is 0.0283. The van der Waals surface area contributed by atoms with E-state index in [2.05, 4.69) is 5.32 Å². The number of carboxylic acids is 1. The molecule has 0 aliphatic heterocycles. The highest BCUT2D eigenvalue weighted by molar-refractivity contribution is 5.81. The van der Waals surface area contributed by atoms with Crippen molar-refractivity contribution in [2.75, 3.05) is 13.6 Å². The Morgan fingerprint density at radius 2 is 2.00 bits per heavy atom. The fourth-order valence-corrected chi connectivity index (χ4v) is 1.65. The summed E-state index contributed by atoms with van der Waals surface area (Å²) in [5.74, 6) is -1.56. The molecule has 21 heavy (non-hydrogen) atoms. The van der Waals surface area contributed by atoms with Crippen LogP contribution in [0.3, 0.4) is 0 Å². The van der Waals surface area contributed by atoms with E-state index in [4.69, 9.17) is 5.11 Å². The van der Waals surface area contributed by atoms with Crippen molar-refractivity contribution in [1.82, 2.24) is 10.2 Å². The number of halogens is 1. The summed E-state index contributed by atoms with van der Waals surface area (Å²) in [7, 11) is 1.58. The Balaban J connectivity index is 2.54. The van der Waals surface area contributed by atoms with Gasteiger partial charge in [-0.3, -0.25) is 14.5 Å². The highest BCUT2D eigenvalue weighted by atomic mass is 19.1. The summed E-state index contributed by atoms with van der Waals surface area (Å²) in [5, 5.41) is 11.8. The average molecular weight is 296 g/mol. The van der Waals surface area contributed by atoms with Crippen LogP contribution in [0.5, 0.6) is 0 Å². The number of aliphatic carboxylic acids is 1. The highest BCUT2D eigenvalue weighted by Gasteiger charge is 2.32. The molecule has 0 saturated heterocycles. The number of carbonyl (C=O) groups excluding carboxylic acids is 1. The Morgan fingerprint density at radius 3 is 2.52 bits per heavy atom. The second kappa shape index (κ2) is 6.67. The lowest BCUT2D eigenvalue weighted by Gasteiger charge is -2.30. The number of hydrogen-bond acceptors (Lipinski definition) is 3. The molecule has 1 amide bonds. The number of hydrogen-bond donors (Lipinski definition) is 2. The molecular weight excluding hydrogens is 275 g/mol. The zero-order valence-electron chi connectivity index (χ0n) is 12.7. The number of nitrogens with zero attached hydrogens (tertiary/aromatic N) is 1. The molecule has 0 heterocycles. The monoisotopic (exact) mass is 296 g/mol. The van der Waals surface area contributed by atoms with Crippen molar-refractivity contribution in [2.24, 2.45) is 0 Å². The molecule has 116 valence electrons. The zero-order chi connectivity index (χ0) is 16.2. The molecule has 0 radical (unpaired) electrons. The molecule has 0 fully saturated rings. The average Bonchev–Trinajstić information content (AvgIpc) is 2.39. The lowest BCUT2D eigenvalue weighted by Crippen LogP contribution is -2.51. The SMILES string of the molecule is Cc1cc(CNC(=O)CN(C)C(C)(C)C(=O)O)ccc1F. The van der Waals surface area contributed by atoms with Crippen molar-refractivity contribution in [3.05, 3.63) is 35.1 Å². The summed E-state index contributed by atoms with van der Waals surface area (Å²) in [6.45, 7) is 4.97. The van der Waals surface area contributed by atoms with Gasteiger partial charge >= 0.3 is 5.97 Å². The number of likely N-dealkylation sites (N-methyl/N-ethyl adjacent to an activating group) is 1. The molecule has 1 aromatic carbocycles. The number of nitrogens with one attached hydrogen (secondary N) is 1. The van der Waals surface area contributed by atoms with Crippen molar-refractivity contribution >= 4 is 11.9 Å². The van der Waals surface area contributed by atoms with Gasteiger partial charge in [0.05, 0.1) is 6.54 Å². The molecule has 0 atom stereocenters. The summed E-state index contributed by atoms with van der Waals surface area (Å²) in [6, 6.07) is 4.63. The van der Waals surface area contributed by atoms with Gasteiger partial charge in [0.25, 0.3) is 0 Å². The van der Waals surface area contributed by atoms with E-state index in [0.29, 0.717) is 5.56 Å². The van der Waals surface area contributed by atoms with Gasteiger partial charge in [0.1, 0.15) is 11.4 Å². The lowest BCUT2D eigenvalue weighted by molar-refractivity contribution is -0.149. The van der Waals surface area contributed by atoms with Gasteiger partial charge in [-0.25, -0.2) is 4.39 Å². The topological polar surface area (TPSA) is 69.6 Å². The van der Waals surface area contributed by atoms with Crippen molar-refractivity contribution < 1.29 is 19.1 Å². The second-order valence-electron chi connectivity index (χ2n) is 5.58. The van der Waals surface area contributed by atoms with E-state index >= 15 is 0 Å². The number of rotatable bonds is 6. The maximum atomic E-state index is 13.1. The third-order valence-corrected chi connectivity index (χ3v) is 3.57.